The van der Waals surface area contributed by atoms with Gasteiger partial charge in [0, 0.05) is 45.7 Å². The highest BCUT2D eigenvalue weighted by molar-refractivity contribution is 6.30. The Kier molecular flexibility index (Phi) is 6.23. The van der Waals surface area contributed by atoms with E-state index in [0.717, 1.165) is 57.5 Å². The smallest absolute Gasteiger partial charge is 0.116 e. The van der Waals surface area contributed by atoms with E-state index in [4.69, 9.17) is 16.6 Å². The van der Waals surface area contributed by atoms with Crippen molar-refractivity contribution >= 4 is 45.8 Å². The maximum atomic E-state index is 6.09. The van der Waals surface area contributed by atoms with Gasteiger partial charge in [-0.1, -0.05) is 59.0 Å². The maximum Gasteiger partial charge on any atom is 0.116 e. The third-order valence-corrected chi connectivity index (χ3v) is 5.50. The van der Waals surface area contributed by atoms with Gasteiger partial charge >= 0.3 is 0 Å². The third-order valence-electron chi connectivity index (χ3n) is 5.25. The molecule has 0 aliphatic carbocycles. The van der Waals surface area contributed by atoms with Crippen LogP contribution in [0.25, 0.3) is 11.3 Å². The van der Waals surface area contributed by atoms with E-state index in [-0.39, 0.29) is 5.92 Å². The Morgan fingerprint density at radius 1 is 1.07 bits per heavy atom. The summed E-state index contributed by atoms with van der Waals surface area (Å²) in [6.45, 7) is 23.9. The van der Waals surface area contributed by atoms with Gasteiger partial charge in [0.1, 0.15) is 5.84 Å². The second-order valence-corrected chi connectivity index (χ2v) is 8.10. The summed E-state index contributed by atoms with van der Waals surface area (Å²) < 4.78 is 0. The first-order chi connectivity index (χ1) is 14.3. The average molecular weight is 420 g/mol. The molecule has 0 bridgehead atoms. The van der Waals surface area contributed by atoms with Crippen molar-refractivity contribution in [3.8, 4) is 0 Å². The predicted octanol–water partition coefficient (Wildman–Crippen LogP) is 7.91. The van der Waals surface area contributed by atoms with Gasteiger partial charge in [-0.05, 0) is 48.9 Å². The number of hydrogen-bond donors (Lipinski definition) is 0. The summed E-state index contributed by atoms with van der Waals surface area (Å²) in [7, 11) is 0. The molecule has 0 radical (unpaired) electrons. The number of aliphatic imine (C=N–C) groups is 1. The lowest BCUT2D eigenvalue weighted by Gasteiger charge is -2.35. The lowest BCUT2D eigenvalue weighted by Crippen LogP contribution is -2.35. The molecule has 0 atom stereocenters. The first kappa shape index (κ1) is 21.9. The molecule has 2 heterocycles. The Balaban J connectivity index is 0.00000124. The fourth-order valence-electron chi connectivity index (χ4n) is 3.89. The molecular weight excluding hydrogens is 390 g/mol. The van der Waals surface area contributed by atoms with Crippen LogP contribution >= 0.6 is 11.6 Å². The molecule has 0 saturated carbocycles. The van der Waals surface area contributed by atoms with Crippen LogP contribution in [0.2, 0.25) is 5.02 Å². The summed E-state index contributed by atoms with van der Waals surface area (Å²) in [6.07, 6.45) is 0. The van der Waals surface area contributed by atoms with E-state index in [1.807, 2.05) is 45.0 Å². The standard InChI is InChI=1S/C24H24ClN3.C2H6/c1-14(2)24-26-23-20(17(6)28(24)19-9-7-18(25)8-10-19)11-12-21-22(23)16(5)13-27(21)15(3)4;1-2/h7-12,14H,3,5-6,13H2,1-2,4H3;1-2H3. The fraction of sp³-hybridized carbons (Fsp3) is 0.269. The Hall–Kier alpha value is -2.78. The molecule has 0 aromatic heterocycles. The second-order valence-electron chi connectivity index (χ2n) is 7.66. The number of hydrogen-bond acceptors (Lipinski definition) is 3. The van der Waals surface area contributed by atoms with E-state index in [2.05, 4.69) is 55.5 Å². The van der Waals surface area contributed by atoms with Crippen LogP contribution in [-0.2, 0) is 0 Å². The van der Waals surface area contributed by atoms with Gasteiger partial charge in [0.15, 0.2) is 0 Å². The van der Waals surface area contributed by atoms with Crippen molar-refractivity contribution < 1.29 is 0 Å². The van der Waals surface area contributed by atoms with Crippen molar-refractivity contribution in [1.82, 2.24) is 0 Å². The molecule has 4 rings (SSSR count). The number of rotatable bonds is 3. The molecule has 0 unspecified atom stereocenters. The Labute approximate surface area is 185 Å². The van der Waals surface area contributed by atoms with Crippen molar-refractivity contribution in [3.63, 3.8) is 0 Å². The summed E-state index contributed by atoms with van der Waals surface area (Å²) >= 11 is 6.09. The van der Waals surface area contributed by atoms with Crippen molar-refractivity contribution in [2.45, 2.75) is 34.6 Å². The minimum absolute atomic E-state index is 0.225. The van der Waals surface area contributed by atoms with Crippen LogP contribution in [0.15, 0.2) is 66.8 Å². The van der Waals surface area contributed by atoms with Crippen LogP contribution in [0.1, 0.15) is 45.7 Å². The molecule has 0 amide bonds. The molecular formula is C26H30ClN3. The summed E-state index contributed by atoms with van der Waals surface area (Å²) in [5.41, 5.74) is 8.22. The minimum Gasteiger partial charge on any atom is -0.341 e. The quantitative estimate of drug-likeness (QED) is 0.503. The van der Waals surface area contributed by atoms with Crippen LogP contribution in [0.4, 0.5) is 17.1 Å². The van der Waals surface area contributed by atoms with Crippen LogP contribution in [-0.4, -0.2) is 12.4 Å². The molecule has 30 heavy (non-hydrogen) atoms. The van der Waals surface area contributed by atoms with Gasteiger partial charge in [-0.15, -0.1) is 0 Å². The van der Waals surface area contributed by atoms with E-state index in [9.17, 15) is 0 Å². The summed E-state index contributed by atoms with van der Waals surface area (Å²) in [5.74, 6) is 1.19. The van der Waals surface area contributed by atoms with Crippen molar-refractivity contribution in [2.75, 3.05) is 16.3 Å². The zero-order valence-corrected chi connectivity index (χ0v) is 19.3. The van der Waals surface area contributed by atoms with Crippen LogP contribution in [0.5, 0.6) is 0 Å². The first-order valence-electron chi connectivity index (χ1n) is 10.4. The van der Waals surface area contributed by atoms with E-state index in [1.54, 1.807) is 0 Å². The topological polar surface area (TPSA) is 18.8 Å². The zero-order valence-electron chi connectivity index (χ0n) is 18.6. The van der Waals surface area contributed by atoms with Gasteiger partial charge in [-0.3, -0.25) is 4.90 Å². The molecule has 2 aliphatic heterocycles. The molecule has 2 aliphatic rings. The number of fused-ring (bicyclic) bond motifs is 3. The van der Waals surface area contributed by atoms with Crippen LogP contribution in [0.3, 0.4) is 0 Å². The van der Waals surface area contributed by atoms with Crippen LogP contribution < -0.4 is 9.80 Å². The van der Waals surface area contributed by atoms with Gasteiger partial charge in [-0.25, -0.2) is 4.99 Å². The van der Waals surface area contributed by atoms with Gasteiger partial charge < -0.3 is 4.90 Å². The fourth-order valence-corrected chi connectivity index (χ4v) is 4.01. The van der Waals surface area contributed by atoms with E-state index in [1.165, 1.54) is 0 Å². The zero-order chi connectivity index (χ0) is 22.2. The summed E-state index contributed by atoms with van der Waals surface area (Å²) in [5, 5.41) is 0.712. The van der Waals surface area contributed by atoms with Crippen molar-refractivity contribution in [1.29, 1.82) is 0 Å². The normalized spacial score (nSPS) is 14.8. The molecule has 0 N–H and O–H groups in total. The highest BCUT2D eigenvalue weighted by Crippen LogP contribution is 2.48. The highest BCUT2D eigenvalue weighted by Gasteiger charge is 2.33. The molecule has 2 aromatic rings. The Morgan fingerprint density at radius 3 is 2.27 bits per heavy atom. The van der Waals surface area contributed by atoms with E-state index >= 15 is 0 Å². The molecule has 3 nitrogen and oxygen atoms in total. The van der Waals surface area contributed by atoms with Crippen molar-refractivity contribution in [3.05, 3.63) is 78.0 Å². The Bertz CT molecular complexity index is 1040. The third kappa shape index (κ3) is 3.59. The number of nitrogens with zero attached hydrogens (tertiary/aromatic N) is 3. The lowest BCUT2D eigenvalue weighted by molar-refractivity contribution is 0.863. The molecule has 4 heteroatoms. The van der Waals surface area contributed by atoms with Crippen LogP contribution in [0, 0.1) is 5.92 Å². The molecule has 2 aromatic carbocycles. The number of benzene rings is 2. The predicted molar refractivity (Wildman–Crippen MR) is 134 cm³/mol. The maximum absolute atomic E-state index is 6.09. The minimum atomic E-state index is 0.225. The van der Waals surface area contributed by atoms with Crippen molar-refractivity contribution in [2.24, 2.45) is 10.9 Å². The monoisotopic (exact) mass is 419 g/mol. The number of allylic oxidation sites excluding steroid dienone is 1. The van der Waals surface area contributed by atoms with Gasteiger partial charge in [0.25, 0.3) is 0 Å². The number of amidine groups is 1. The first-order valence-corrected chi connectivity index (χ1v) is 10.8. The average Bonchev–Trinajstić information content (AvgIpc) is 3.07. The lowest BCUT2D eigenvalue weighted by atomic mass is 9.96. The molecule has 156 valence electrons. The summed E-state index contributed by atoms with van der Waals surface area (Å²) in [6, 6.07) is 12.0. The molecule has 0 fully saturated rings. The summed E-state index contributed by atoms with van der Waals surface area (Å²) in [4.78, 5) is 9.44. The van der Waals surface area contributed by atoms with Gasteiger partial charge in [0.05, 0.1) is 11.4 Å². The largest absolute Gasteiger partial charge is 0.341 e. The van der Waals surface area contributed by atoms with Gasteiger partial charge in [0.2, 0.25) is 0 Å². The SMILES string of the molecule is C=C1CN(C(=C)C)c2ccc3c(c21)N=C(C(C)C)N(c1ccc(Cl)cc1)C3=C.CC. The second kappa shape index (κ2) is 8.53. The van der Waals surface area contributed by atoms with E-state index in [0.29, 0.717) is 5.02 Å². The molecule has 0 saturated heterocycles. The Morgan fingerprint density at radius 2 is 1.70 bits per heavy atom. The van der Waals surface area contributed by atoms with Gasteiger partial charge in [-0.2, -0.15) is 0 Å². The highest BCUT2D eigenvalue weighted by atomic mass is 35.5. The number of anilines is 2. The number of halogens is 1. The molecule has 0 spiro atoms. The van der Waals surface area contributed by atoms with E-state index < -0.39 is 0 Å².